The molecule has 0 atom stereocenters. The predicted octanol–water partition coefficient (Wildman–Crippen LogP) is -1.84. The first kappa shape index (κ1) is 24.2. The first-order valence-electron chi connectivity index (χ1n) is 5.56. The molecule has 0 aliphatic heterocycles. The molecule has 11 heteroatoms. The highest BCUT2D eigenvalue weighted by Crippen LogP contribution is 1.93. The Morgan fingerprint density at radius 2 is 1.00 bits per heavy atom. The van der Waals surface area contributed by atoms with Crippen molar-refractivity contribution in [1.82, 2.24) is 22.1 Å². The minimum Gasteiger partial charge on any atom is -0.480 e. The molecular formula is C10H24N4O7. The summed E-state index contributed by atoms with van der Waals surface area (Å²) in [5.74, 6) is -3.39. The SMILES string of the molecule is N.N.O=C(O)CN(CCO)CCN(CC(=O)O)CC(=O)O. The van der Waals surface area contributed by atoms with Crippen molar-refractivity contribution in [3.8, 4) is 0 Å². The van der Waals surface area contributed by atoms with Gasteiger partial charge in [-0.15, -0.1) is 0 Å². The van der Waals surface area contributed by atoms with Gasteiger partial charge in [0.05, 0.1) is 26.2 Å². The molecule has 0 aliphatic rings. The Hall–Kier alpha value is -1.79. The van der Waals surface area contributed by atoms with Gasteiger partial charge in [0.25, 0.3) is 0 Å². The van der Waals surface area contributed by atoms with Crippen LogP contribution in [0.2, 0.25) is 0 Å². The number of nitrogens with zero attached hydrogens (tertiary/aromatic N) is 2. The molecule has 0 aromatic carbocycles. The van der Waals surface area contributed by atoms with Crippen molar-refractivity contribution in [3.63, 3.8) is 0 Å². The van der Waals surface area contributed by atoms with Crippen LogP contribution in [0.3, 0.4) is 0 Å². The van der Waals surface area contributed by atoms with Gasteiger partial charge in [0.1, 0.15) is 0 Å². The third kappa shape index (κ3) is 14.4. The van der Waals surface area contributed by atoms with E-state index in [1.165, 1.54) is 9.80 Å². The van der Waals surface area contributed by atoms with Gasteiger partial charge in [0.2, 0.25) is 0 Å². The highest BCUT2D eigenvalue weighted by atomic mass is 16.4. The minimum atomic E-state index is -1.16. The van der Waals surface area contributed by atoms with E-state index in [9.17, 15) is 14.4 Å². The van der Waals surface area contributed by atoms with Gasteiger partial charge in [-0.05, 0) is 0 Å². The Labute approximate surface area is 121 Å². The molecule has 0 saturated carbocycles. The number of carboxylic acids is 3. The van der Waals surface area contributed by atoms with Gasteiger partial charge in [-0.3, -0.25) is 24.2 Å². The number of rotatable bonds is 11. The standard InChI is InChI=1S/C10H18N2O7.2H3N/c13-4-3-11(5-8(14)15)1-2-12(6-9(16)17)7-10(18)19;;/h13H,1-7H2,(H,14,15)(H,16,17)(H,18,19);2*1H3. The molecule has 0 heterocycles. The second-order valence-electron chi connectivity index (χ2n) is 3.89. The summed E-state index contributed by atoms with van der Waals surface area (Å²) in [6, 6.07) is 0. The van der Waals surface area contributed by atoms with E-state index in [1.807, 2.05) is 0 Å². The maximum Gasteiger partial charge on any atom is 0.317 e. The van der Waals surface area contributed by atoms with Gasteiger partial charge in [0.15, 0.2) is 0 Å². The molecule has 0 bridgehead atoms. The van der Waals surface area contributed by atoms with Gasteiger partial charge in [-0.2, -0.15) is 0 Å². The summed E-state index contributed by atoms with van der Waals surface area (Å²) in [5.41, 5.74) is 0. The highest BCUT2D eigenvalue weighted by Gasteiger charge is 2.16. The molecule has 0 spiro atoms. The molecular weight excluding hydrogens is 288 g/mol. The molecule has 0 aromatic rings. The third-order valence-electron chi connectivity index (χ3n) is 2.23. The summed E-state index contributed by atoms with van der Waals surface area (Å²) in [7, 11) is 0. The fourth-order valence-electron chi connectivity index (χ4n) is 1.48. The molecule has 0 unspecified atom stereocenters. The van der Waals surface area contributed by atoms with Crippen LogP contribution in [0.4, 0.5) is 0 Å². The normalized spacial score (nSPS) is 9.86. The van der Waals surface area contributed by atoms with Gasteiger partial charge >= 0.3 is 17.9 Å². The lowest BCUT2D eigenvalue weighted by atomic mass is 10.4. The highest BCUT2D eigenvalue weighted by molar-refractivity contribution is 5.72. The fourth-order valence-corrected chi connectivity index (χ4v) is 1.48. The van der Waals surface area contributed by atoms with Gasteiger partial charge in [0, 0.05) is 19.6 Å². The van der Waals surface area contributed by atoms with Crippen molar-refractivity contribution in [2.75, 3.05) is 45.9 Å². The molecule has 10 N–H and O–H groups in total. The summed E-state index contributed by atoms with van der Waals surface area (Å²) in [6.45, 7) is -1.03. The summed E-state index contributed by atoms with van der Waals surface area (Å²) >= 11 is 0. The number of carbonyl (C=O) groups is 3. The van der Waals surface area contributed by atoms with E-state index in [0.29, 0.717) is 0 Å². The zero-order valence-electron chi connectivity index (χ0n) is 11.8. The van der Waals surface area contributed by atoms with Gasteiger partial charge in [-0.25, -0.2) is 0 Å². The van der Waals surface area contributed by atoms with E-state index in [0.717, 1.165) is 0 Å². The number of aliphatic carboxylic acids is 3. The summed E-state index contributed by atoms with van der Waals surface area (Å²) in [5, 5.41) is 34.7. The molecule has 0 aliphatic carbocycles. The van der Waals surface area contributed by atoms with E-state index in [4.69, 9.17) is 20.4 Å². The number of aliphatic hydroxyl groups is 1. The summed E-state index contributed by atoms with van der Waals surface area (Å²) < 4.78 is 0. The predicted molar refractivity (Wildman–Crippen MR) is 72.9 cm³/mol. The Kier molecular flexibility index (Phi) is 15.2. The van der Waals surface area contributed by atoms with Crippen molar-refractivity contribution in [2.45, 2.75) is 0 Å². The summed E-state index contributed by atoms with van der Waals surface area (Å²) in [4.78, 5) is 34.3. The van der Waals surface area contributed by atoms with Crippen LogP contribution in [0.5, 0.6) is 0 Å². The van der Waals surface area contributed by atoms with Gasteiger partial charge in [-0.1, -0.05) is 0 Å². The van der Waals surface area contributed by atoms with Crippen molar-refractivity contribution in [3.05, 3.63) is 0 Å². The average Bonchev–Trinajstić information content (AvgIpc) is 2.23. The van der Waals surface area contributed by atoms with Crippen molar-refractivity contribution < 1.29 is 34.8 Å². The van der Waals surface area contributed by atoms with Crippen LogP contribution in [-0.4, -0.2) is 94.0 Å². The fraction of sp³-hybridized carbons (Fsp3) is 0.700. The Morgan fingerprint density at radius 3 is 1.33 bits per heavy atom. The van der Waals surface area contributed by atoms with Gasteiger partial charge < -0.3 is 32.7 Å². The summed E-state index contributed by atoms with van der Waals surface area (Å²) in [6.07, 6.45) is 0. The van der Waals surface area contributed by atoms with E-state index >= 15 is 0 Å². The maximum absolute atomic E-state index is 10.6. The molecule has 0 aromatic heterocycles. The van der Waals surface area contributed by atoms with Crippen LogP contribution >= 0.6 is 0 Å². The van der Waals surface area contributed by atoms with E-state index in [1.54, 1.807) is 0 Å². The van der Waals surface area contributed by atoms with E-state index < -0.39 is 31.0 Å². The van der Waals surface area contributed by atoms with Crippen LogP contribution in [-0.2, 0) is 14.4 Å². The molecule has 0 radical (unpaired) electrons. The topological polar surface area (TPSA) is 209 Å². The Morgan fingerprint density at radius 1 is 0.667 bits per heavy atom. The first-order valence-corrected chi connectivity index (χ1v) is 5.56. The number of hydrogen-bond acceptors (Lipinski definition) is 8. The monoisotopic (exact) mass is 312 g/mol. The quantitative estimate of drug-likeness (QED) is 0.249. The molecule has 0 fully saturated rings. The van der Waals surface area contributed by atoms with Crippen LogP contribution in [0.15, 0.2) is 0 Å². The second kappa shape index (κ2) is 13.2. The largest absolute Gasteiger partial charge is 0.480 e. The molecule has 0 amide bonds. The average molecular weight is 312 g/mol. The molecule has 21 heavy (non-hydrogen) atoms. The van der Waals surface area contributed by atoms with Crippen molar-refractivity contribution >= 4 is 17.9 Å². The lowest BCUT2D eigenvalue weighted by molar-refractivity contribution is -0.143. The van der Waals surface area contributed by atoms with E-state index in [-0.39, 0.29) is 45.1 Å². The van der Waals surface area contributed by atoms with Crippen LogP contribution in [0.25, 0.3) is 0 Å². The Bertz CT molecular complexity index is 311. The zero-order valence-corrected chi connectivity index (χ0v) is 11.8. The van der Waals surface area contributed by atoms with E-state index in [2.05, 4.69) is 0 Å². The Balaban J connectivity index is -0.00000162. The maximum atomic E-state index is 10.6. The molecule has 11 nitrogen and oxygen atoms in total. The lowest BCUT2D eigenvalue weighted by Crippen LogP contribution is -2.42. The molecule has 0 rings (SSSR count). The van der Waals surface area contributed by atoms with Crippen LogP contribution in [0, 0.1) is 0 Å². The number of aliphatic hydroxyl groups excluding tert-OH is 1. The first-order chi connectivity index (χ1) is 8.85. The number of carboxylic acid groups (broad SMARTS) is 3. The van der Waals surface area contributed by atoms with Crippen molar-refractivity contribution in [1.29, 1.82) is 0 Å². The van der Waals surface area contributed by atoms with Crippen LogP contribution in [0.1, 0.15) is 0 Å². The lowest BCUT2D eigenvalue weighted by Gasteiger charge is -2.24. The molecule has 126 valence electrons. The third-order valence-corrected chi connectivity index (χ3v) is 2.23. The molecule has 0 saturated heterocycles. The second-order valence-corrected chi connectivity index (χ2v) is 3.89. The number of hydrogen-bond donors (Lipinski definition) is 6. The smallest absolute Gasteiger partial charge is 0.317 e. The van der Waals surface area contributed by atoms with Crippen molar-refractivity contribution in [2.24, 2.45) is 0 Å². The minimum absolute atomic E-state index is 0. The zero-order chi connectivity index (χ0) is 14.8. The van der Waals surface area contributed by atoms with Crippen LogP contribution < -0.4 is 12.3 Å².